The van der Waals surface area contributed by atoms with Gasteiger partial charge in [-0.15, -0.1) is 0 Å². The lowest BCUT2D eigenvalue weighted by molar-refractivity contribution is 0.318. The standard InChI is InChI=1S/C13H20N4OS/c1-13(2)4-6-17(7-8-19-13)10-3-5-15-11(9-10)12(14)16-18/h3,5,9,18H,4,6-8H2,1-2H3,(H2,14,16). The number of nitrogens with zero attached hydrogens (tertiary/aromatic N) is 3. The average Bonchev–Trinajstić information content (AvgIpc) is 2.59. The summed E-state index contributed by atoms with van der Waals surface area (Å²) >= 11 is 2.01. The van der Waals surface area contributed by atoms with Crippen molar-refractivity contribution in [2.45, 2.75) is 25.0 Å². The van der Waals surface area contributed by atoms with Gasteiger partial charge in [-0.05, 0) is 18.6 Å². The highest BCUT2D eigenvalue weighted by Crippen LogP contribution is 2.32. The third kappa shape index (κ3) is 3.53. The van der Waals surface area contributed by atoms with E-state index < -0.39 is 0 Å². The maximum absolute atomic E-state index is 8.71. The van der Waals surface area contributed by atoms with Crippen LogP contribution in [0.2, 0.25) is 0 Å². The molecule has 5 nitrogen and oxygen atoms in total. The van der Waals surface area contributed by atoms with Crippen LogP contribution >= 0.6 is 11.8 Å². The molecule has 2 rings (SSSR count). The van der Waals surface area contributed by atoms with Crippen LogP contribution in [0, 0.1) is 0 Å². The van der Waals surface area contributed by atoms with Crippen LogP contribution in [0.1, 0.15) is 26.0 Å². The smallest absolute Gasteiger partial charge is 0.188 e. The Morgan fingerprint density at radius 1 is 1.53 bits per heavy atom. The van der Waals surface area contributed by atoms with Gasteiger partial charge in [-0.1, -0.05) is 19.0 Å². The summed E-state index contributed by atoms with van der Waals surface area (Å²) < 4.78 is 0.330. The SMILES string of the molecule is CC1(C)CCN(c2ccnc(/C(N)=N/O)c2)CCS1. The molecule has 0 spiro atoms. The lowest BCUT2D eigenvalue weighted by Crippen LogP contribution is -2.27. The van der Waals surface area contributed by atoms with Crippen LogP contribution in [-0.4, -0.2) is 39.6 Å². The molecule has 1 aliphatic heterocycles. The highest BCUT2D eigenvalue weighted by molar-refractivity contribution is 8.00. The number of aromatic nitrogens is 1. The van der Waals surface area contributed by atoms with Gasteiger partial charge >= 0.3 is 0 Å². The molecule has 1 aromatic heterocycles. The summed E-state index contributed by atoms with van der Waals surface area (Å²) in [6.45, 7) is 6.60. The molecule has 0 bridgehead atoms. The van der Waals surface area contributed by atoms with Crippen molar-refractivity contribution in [2.24, 2.45) is 10.9 Å². The largest absolute Gasteiger partial charge is 0.409 e. The van der Waals surface area contributed by atoms with Crippen LogP contribution in [0.4, 0.5) is 5.69 Å². The van der Waals surface area contributed by atoms with Crippen molar-refractivity contribution in [3.05, 3.63) is 24.0 Å². The number of amidine groups is 1. The van der Waals surface area contributed by atoms with Crippen LogP contribution in [0.5, 0.6) is 0 Å². The maximum atomic E-state index is 8.71. The average molecular weight is 280 g/mol. The van der Waals surface area contributed by atoms with Crippen LogP contribution in [0.3, 0.4) is 0 Å². The lowest BCUT2D eigenvalue weighted by Gasteiger charge is -2.24. The fourth-order valence-electron chi connectivity index (χ4n) is 2.09. The number of oxime groups is 1. The Kier molecular flexibility index (Phi) is 4.19. The zero-order valence-corrected chi connectivity index (χ0v) is 12.2. The van der Waals surface area contributed by atoms with E-state index in [0.717, 1.165) is 31.0 Å². The topological polar surface area (TPSA) is 74.7 Å². The molecule has 0 amide bonds. The van der Waals surface area contributed by atoms with Crippen LogP contribution in [0.15, 0.2) is 23.5 Å². The molecule has 0 atom stereocenters. The zero-order chi connectivity index (χ0) is 13.9. The summed E-state index contributed by atoms with van der Waals surface area (Å²) in [6, 6.07) is 3.84. The molecular formula is C13H20N4OS. The molecule has 3 N–H and O–H groups in total. The fraction of sp³-hybridized carbons (Fsp3) is 0.538. The van der Waals surface area contributed by atoms with E-state index in [1.54, 1.807) is 6.20 Å². The molecule has 0 unspecified atom stereocenters. The number of nitrogens with two attached hydrogens (primary N) is 1. The molecule has 1 fully saturated rings. The summed E-state index contributed by atoms with van der Waals surface area (Å²) in [5, 5.41) is 11.7. The number of anilines is 1. The van der Waals surface area contributed by atoms with E-state index in [4.69, 9.17) is 10.9 Å². The Labute approximate surface area is 117 Å². The molecule has 2 heterocycles. The fourth-order valence-corrected chi connectivity index (χ4v) is 3.19. The Morgan fingerprint density at radius 3 is 3.05 bits per heavy atom. The Morgan fingerprint density at radius 2 is 2.32 bits per heavy atom. The quantitative estimate of drug-likeness (QED) is 0.374. The highest BCUT2D eigenvalue weighted by atomic mass is 32.2. The van der Waals surface area contributed by atoms with Crippen molar-refractivity contribution in [1.29, 1.82) is 0 Å². The van der Waals surface area contributed by atoms with Crippen LogP contribution in [0.25, 0.3) is 0 Å². The second kappa shape index (κ2) is 5.69. The van der Waals surface area contributed by atoms with Gasteiger partial charge in [0.05, 0.1) is 0 Å². The molecule has 104 valence electrons. The molecule has 0 radical (unpaired) electrons. The molecule has 0 aliphatic carbocycles. The minimum atomic E-state index is 0.0476. The van der Waals surface area contributed by atoms with Crippen molar-refractivity contribution in [1.82, 2.24) is 4.98 Å². The van der Waals surface area contributed by atoms with Gasteiger partial charge < -0.3 is 15.8 Å². The van der Waals surface area contributed by atoms with Gasteiger partial charge in [-0.3, -0.25) is 4.98 Å². The van der Waals surface area contributed by atoms with E-state index in [1.807, 2.05) is 23.9 Å². The predicted molar refractivity (Wildman–Crippen MR) is 80.1 cm³/mol. The normalized spacial score (nSPS) is 20.1. The van der Waals surface area contributed by atoms with E-state index in [-0.39, 0.29) is 5.84 Å². The zero-order valence-electron chi connectivity index (χ0n) is 11.3. The first-order valence-electron chi connectivity index (χ1n) is 6.35. The first-order valence-corrected chi connectivity index (χ1v) is 7.33. The summed E-state index contributed by atoms with van der Waals surface area (Å²) in [4.78, 5) is 6.44. The number of rotatable bonds is 2. The molecule has 6 heteroatoms. The Bertz CT molecular complexity index is 475. The second-order valence-corrected chi connectivity index (χ2v) is 7.03. The van der Waals surface area contributed by atoms with Gasteiger partial charge in [0.15, 0.2) is 5.84 Å². The van der Waals surface area contributed by atoms with E-state index in [9.17, 15) is 0 Å². The Hall–Kier alpha value is -1.43. The monoisotopic (exact) mass is 280 g/mol. The van der Waals surface area contributed by atoms with Gasteiger partial charge in [-0.2, -0.15) is 11.8 Å². The Balaban J connectivity index is 2.18. The van der Waals surface area contributed by atoms with Crippen LogP contribution in [-0.2, 0) is 0 Å². The molecule has 0 aromatic carbocycles. The van der Waals surface area contributed by atoms with Gasteiger partial charge in [0.25, 0.3) is 0 Å². The van der Waals surface area contributed by atoms with Crippen molar-refractivity contribution in [2.75, 3.05) is 23.7 Å². The highest BCUT2D eigenvalue weighted by Gasteiger charge is 2.23. The molecule has 1 aromatic rings. The first-order chi connectivity index (χ1) is 9.02. The summed E-state index contributed by atoms with van der Waals surface area (Å²) in [6.07, 6.45) is 2.84. The minimum absolute atomic E-state index is 0.0476. The summed E-state index contributed by atoms with van der Waals surface area (Å²) in [5.41, 5.74) is 7.17. The van der Waals surface area contributed by atoms with Crippen molar-refractivity contribution in [3.63, 3.8) is 0 Å². The van der Waals surface area contributed by atoms with Gasteiger partial charge in [0.2, 0.25) is 0 Å². The molecule has 1 aliphatic rings. The lowest BCUT2D eigenvalue weighted by atomic mass is 10.1. The van der Waals surface area contributed by atoms with Gasteiger partial charge in [0, 0.05) is 35.5 Å². The molecule has 0 saturated carbocycles. The van der Waals surface area contributed by atoms with E-state index >= 15 is 0 Å². The van der Waals surface area contributed by atoms with E-state index in [2.05, 4.69) is 28.9 Å². The maximum Gasteiger partial charge on any atom is 0.188 e. The van der Waals surface area contributed by atoms with Crippen molar-refractivity contribution < 1.29 is 5.21 Å². The summed E-state index contributed by atoms with van der Waals surface area (Å²) in [5.74, 6) is 1.15. The number of pyridine rings is 1. The number of hydrogen-bond acceptors (Lipinski definition) is 5. The van der Waals surface area contributed by atoms with Gasteiger partial charge in [0.1, 0.15) is 5.69 Å². The van der Waals surface area contributed by atoms with E-state index in [1.165, 1.54) is 0 Å². The van der Waals surface area contributed by atoms with Crippen LogP contribution < -0.4 is 10.6 Å². The third-order valence-electron chi connectivity index (χ3n) is 3.32. The molecule has 1 saturated heterocycles. The first kappa shape index (κ1) is 14.0. The molecule has 19 heavy (non-hydrogen) atoms. The predicted octanol–water partition coefficient (Wildman–Crippen LogP) is 1.90. The second-order valence-electron chi connectivity index (χ2n) is 5.23. The third-order valence-corrected chi connectivity index (χ3v) is 4.69. The number of thioether (sulfide) groups is 1. The van der Waals surface area contributed by atoms with Crippen molar-refractivity contribution in [3.8, 4) is 0 Å². The van der Waals surface area contributed by atoms with Crippen molar-refractivity contribution >= 4 is 23.3 Å². The summed E-state index contributed by atoms with van der Waals surface area (Å²) in [7, 11) is 0. The van der Waals surface area contributed by atoms with Gasteiger partial charge in [-0.25, -0.2) is 0 Å². The molecular weight excluding hydrogens is 260 g/mol. The minimum Gasteiger partial charge on any atom is -0.409 e. The van der Waals surface area contributed by atoms with E-state index in [0.29, 0.717) is 10.4 Å². The number of hydrogen-bond donors (Lipinski definition) is 2.